The summed E-state index contributed by atoms with van der Waals surface area (Å²) in [6.07, 6.45) is 0. The zero-order valence-electron chi connectivity index (χ0n) is 9.95. The van der Waals surface area contributed by atoms with Gasteiger partial charge in [0.15, 0.2) is 5.82 Å². The van der Waals surface area contributed by atoms with Gasteiger partial charge in [-0.05, 0) is 29.6 Å². The molecule has 6 heteroatoms. The van der Waals surface area contributed by atoms with E-state index in [1.807, 2.05) is 11.4 Å². The molecule has 0 unspecified atom stereocenters. The SMILES string of the molecule is CNc1nc(-c2ccc(F)c(Cl)c2)nc2sccc12. The van der Waals surface area contributed by atoms with Gasteiger partial charge in [0.05, 0.1) is 10.4 Å². The lowest BCUT2D eigenvalue weighted by Gasteiger charge is -2.06. The number of thiophene rings is 1. The van der Waals surface area contributed by atoms with Gasteiger partial charge in [-0.25, -0.2) is 14.4 Å². The van der Waals surface area contributed by atoms with Crippen molar-refractivity contribution in [1.29, 1.82) is 0 Å². The van der Waals surface area contributed by atoms with E-state index < -0.39 is 5.82 Å². The molecule has 2 aromatic heterocycles. The zero-order chi connectivity index (χ0) is 13.4. The second-order valence-corrected chi connectivity index (χ2v) is 5.22. The molecule has 0 amide bonds. The third-order valence-electron chi connectivity index (χ3n) is 2.74. The Balaban J connectivity index is 2.21. The van der Waals surface area contributed by atoms with Crippen LogP contribution in [0, 0.1) is 5.82 Å². The topological polar surface area (TPSA) is 37.8 Å². The van der Waals surface area contributed by atoms with Crippen LogP contribution in [0.4, 0.5) is 10.2 Å². The summed E-state index contributed by atoms with van der Waals surface area (Å²) in [5.74, 6) is 0.833. The fraction of sp³-hybridized carbons (Fsp3) is 0.0769. The number of halogens is 2. The van der Waals surface area contributed by atoms with Crippen molar-refractivity contribution in [2.24, 2.45) is 0 Å². The predicted molar refractivity (Wildman–Crippen MR) is 77.4 cm³/mol. The molecule has 0 aliphatic carbocycles. The molecule has 96 valence electrons. The molecule has 0 saturated carbocycles. The van der Waals surface area contributed by atoms with Crippen LogP contribution in [-0.4, -0.2) is 17.0 Å². The number of anilines is 1. The van der Waals surface area contributed by atoms with Crippen molar-refractivity contribution in [3.05, 3.63) is 40.5 Å². The van der Waals surface area contributed by atoms with Gasteiger partial charge in [-0.15, -0.1) is 11.3 Å². The summed E-state index contributed by atoms with van der Waals surface area (Å²) in [6, 6.07) is 6.44. The average Bonchev–Trinajstić information content (AvgIpc) is 2.89. The molecule has 0 atom stereocenters. The summed E-state index contributed by atoms with van der Waals surface area (Å²) in [5.41, 5.74) is 0.693. The summed E-state index contributed by atoms with van der Waals surface area (Å²) < 4.78 is 13.2. The summed E-state index contributed by atoms with van der Waals surface area (Å²) in [4.78, 5) is 9.79. The van der Waals surface area contributed by atoms with E-state index in [4.69, 9.17) is 11.6 Å². The second kappa shape index (κ2) is 4.75. The Labute approximate surface area is 118 Å². The van der Waals surface area contributed by atoms with E-state index in [0.29, 0.717) is 11.4 Å². The molecular weight excluding hydrogens is 285 g/mol. The van der Waals surface area contributed by atoms with Crippen molar-refractivity contribution in [1.82, 2.24) is 9.97 Å². The quantitative estimate of drug-likeness (QED) is 0.770. The van der Waals surface area contributed by atoms with Crippen molar-refractivity contribution in [3.8, 4) is 11.4 Å². The molecule has 0 aliphatic rings. The van der Waals surface area contributed by atoms with Crippen molar-refractivity contribution in [2.75, 3.05) is 12.4 Å². The Bertz CT molecular complexity index is 757. The van der Waals surface area contributed by atoms with Crippen LogP contribution in [0.2, 0.25) is 5.02 Å². The molecule has 0 radical (unpaired) electrons. The average molecular weight is 294 g/mol. The minimum absolute atomic E-state index is 0.0679. The maximum absolute atomic E-state index is 13.2. The lowest BCUT2D eigenvalue weighted by molar-refractivity contribution is 0.628. The van der Waals surface area contributed by atoms with Gasteiger partial charge in [-0.3, -0.25) is 0 Å². The van der Waals surface area contributed by atoms with Gasteiger partial charge in [0.2, 0.25) is 0 Å². The van der Waals surface area contributed by atoms with E-state index in [-0.39, 0.29) is 5.02 Å². The number of fused-ring (bicyclic) bond motifs is 1. The zero-order valence-corrected chi connectivity index (χ0v) is 11.5. The van der Waals surface area contributed by atoms with Gasteiger partial charge in [-0.1, -0.05) is 11.6 Å². The maximum Gasteiger partial charge on any atom is 0.163 e. The van der Waals surface area contributed by atoms with Crippen LogP contribution in [0.5, 0.6) is 0 Å². The van der Waals surface area contributed by atoms with Crippen LogP contribution in [0.3, 0.4) is 0 Å². The van der Waals surface area contributed by atoms with Gasteiger partial charge < -0.3 is 5.32 Å². The highest BCUT2D eigenvalue weighted by molar-refractivity contribution is 7.16. The molecule has 19 heavy (non-hydrogen) atoms. The Morgan fingerprint density at radius 1 is 1.26 bits per heavy atom. The Morgan fingerprint density at radius 3 is 2.84 bits per heavy atom. The summed E-state index contributed by atoms with van der Waals surface area (Å²) in [6.45, 7) is 0. The molecular formula is C13H9ClFN3S. The summed E-state index contributed by atoms with van der Waals surface area (Å²) in [7, 11) is 1.81. The Morgan fingerprint density at radius 2 is 2.11 bits per heavy atom. The van der Waals surface area contributed by atoms with E-state index in [9.17, 15) is 4.39 Å². The van der Waals surface area contributed by atoms with E-state index in [1.165, 1.54) is 23.5 Å². The van der Waals surface area contributed by atoms with Crippen LogP contribution in [0.1, 0.15) is 0 Å². The van der Waals surface area contributed by atoms with Crippen molar-refractivity contribution in [3.63, 3.8) is 0 Å². The summed E-state index contributed by atoms with van der Waals surface area (Å²) in [5, 5.41) is 6.04. The monoisotopic (exact) mass is 293 g/mol. The number of hydrogen-bond donors (Lipinski definition) is 1. The third-order valence-corrected chi connectivity index (χ3v) is 3.84. The van der Waals surface area contributed by atoms with Crippen LogP contribution < -0.4 is 5.32 Å². The number of nitrogens with zero attached hydrogens (tertiary/aromatic N) is 2. The molecule has 2 heterocycles. The largest absolute Gasteiger partial charge is 0.372 e. The van der Waals surface area contributed by atoms with E-state index in [2.05, 4.69) is 15.3 Å². The van der Waals surface area contributed by atoms with E-state index >= 15 is 0 Å². The minimum atomic E-state index is -0.448. The van der Waals surface area contributed by atoms with Crippen LogP contribution in [0.15, 0.2) is 29.6 Å². The fourth-order valence-electron chi connectivity index (χ4n) is 1.81. The highest BCUT2D eigenvalue weighted by atomic mass is 35.5. The first-order valence-corrected chi connectivity index (χ1v) is 6.83. The highest BCUT2D eigenvalue weighted by Gasteiger charge is 2.11. The number of rotatable bonds is 2. The Hall–Kier alpha value is -1.72. The molecule has 1 N–H and O–H groups in total. The van der Waals surface area contributed by atoms with Crippen LogP contribution in [-0.2, 0) is 0 Å². The van der Waals surface area contributed by atoms with Crippen molar-refractivity contribution in [2.45, 2.75) is 0 Å². The number of aromatic nitrogens is 2. The van der Waals surface area contributed by atoms with Gasteiger partial charge in [-0.2, -0.15) is 0 Å². The number of nitrogens with one attached hydrogen (secondary N) is 1. The second-order valence-electron chi connectivity index (χ2n) is 3.91. The standard InChI is InChI=1S/C13H9ClFN3S/c1-16-12-8-4-5-19-13(8)18-11(17-12)7-2-3-10(15)9(14)6-7/h2-6H,1H3,(H,16,17,18). The van der Waals surface area contributed by atoms with Gasteiger partial charge in [0.25, 0.3) is 0 Å². The Kier molecular flexibility index (Phi) is 3.08. The molecule has 3 rings (SSSR count). The smallest absolute Gasteiger partial charge is 0.163 e. The first kappa shape index (κ1) is 12.3. The van der Waals surface area contributed by atoms with E-state index in [1.54, 1.807) is 13.1 Å². The minimum Gasteiger partial charge on any atom is -0.372 e. The molecule has 0 aliphatic heterocycles. The van der Waals surface area contributed by atoms with Crippen LogP contribution in [0.25, 0.3) is 21.6 Å². The molecule has 3 nitrogen and oxygen atoms in total. The van der Waals surface area contributed by atoms with Crippen molar-refractivity contribution >= 4 is 39.0 Å². The molecule has 1 aromatic carbocycles. The lowest BCUT2D eigenvalue weighted by atomic mass is 10.2. The van der Waals surface area contributed by atoms with Gasteiger partial charge in [0.1, 0.15) is 16.5 Å². The van der Waals surface area contributed by atoms with Crippen molar-refractivity contribution < 1.29 is 4.39 Å². The molecule has 0 spiro atoms. The molecule has 0 fully saturated rings. The van der Waals surface area contributed by atoms with Gasteiger partial charge in [0, 0.05) is 12.6 Å². The lowest BCUT2D eigenvalue weighted by Crippen LogP contribution is -1.97. The first-order chi connectivity index (χ1) is 9.19. The van der Waals surface area contributed by atoms with E-state index in [0.717, 1.165) is 16.0 Å². The molecule has 0 saturated heterocycles. The van der Waals surface area contributed by atoms with Crippen LogP contribution >= 0.6 is 22.9 Å². The molecule has 0 bridgehead atoms. The number of benzene rings is 1. The molecule has 3 aromatic rings. The fourth-order valence-corrected chi connectivity index (χ4v) is 2.75. The first-order valence-electron chi connectivity index (χ1n) is 5.57. The van der Waals surface area contributed by atoms with Gasteiger partial charge >= 0.3 is 0 Å². The third kappa shape index (κ3) is 2.15. The normalized spacial score (nSPS) is 10.9. The summed E-state index contributed by atoms with van der Waals surface area (Å²) >= 11 is 7.33. The number of hydrogen-bond acceptors (Lipinski definition) is 4. The maximum atomic E-state index is 13.2. The predicted octanol–water partition coefficient (Wildman–Crippen LogP) is 4.19. The highest BCUT2D eigenvalue weighted by Crippen LogP contribution is 2.29.